The van der Waals surface area contributed by atoms with Crippen molar-refractivity contribution in [1.29, 1.82) is 0 Å². The second kappa shape index (κ2) is 4.36. The Labute approximate surface area is 80.8 Å². The number of benzene rings is 1. The maximum atomic E-state index is 11.2. The van der Waals surface area contributed by atoms with E-state index >= 15 is 0 Å². The molecule has 0 aliphatic rings. The molecule has 0 unspecified atom stereocenters. The molecule has 14 heavy (non-hydrogen) atoms. The first kappa shape index (κ1) is 10.2. The first-order chi connectivity index (χ1) is 6.69. The highest BCUT2D eigenvalue weighted by atomic mass is 16.5. The highest BCUT2D eigenvalue weighted by Gasteiger charge is 2.09. The van der Waals surface area contributed by atoms with Gasteiger partial charge in [-0.2, -0.15) is 0 Å². The van der Waals surface area contributed by atoms with E-state index in [1.165, 1.54) is 18.2 Å². The van der Waals surface area contributed by atoms with Gasteiger partial charge < -0.3 is 10.5 Å². The average Bonchev–Trinajstić information content (AvgIpc) is 2.19. The molecule has 2 N–H and O–H groups in total. The molecule has 0 bridgehead atoms. The monoisotopic (exact) mass is 194 g/mol. The number of carbonyl (C=O) groups is 1. The van der Waals surface area contributed by atoms with E-state index in [0.717, 1.165) is 0 Å². The third-order valence-corrected chi connectivity index (χ3v) is 1.64. The van der Waals surface area contributed by atoms with Gasteiger partial charge in [-0.15, -0.1) is 4.91 Å². The van der Waals surface area contributed by atoms with Crippen molar-refractivity contribution in [3.63, 3.8) is 0 Å². The molecule has 5 nitrogen and oxygen atoms in total. The summed E-state index contributed by atoms with van der Waals surface area (Å²) in [6.07, 6.45) is 0. The summed E-state index contributed by atoms with van der Waals surface area (Å²) in [5.41, 5.74) is 6.00. The normalized spacial score (nSPS) is 9.50. The van der Waals surface area contributed by atoms with Crippen LogP contribution in [-0.2, 0) is 4.74 Å². The van der Waals surface area contributed by atoms with Gasteiger partial charge in [-0.05, 0) is 30.3 Å². The van der Waals surface area contributed by atoms with Gasteiger partial charge in [0, 0.05) is 0 Å². The fourth-order valence-corrected chi connectivity index (χ4v) is 0.964. The Morgan fingerprint density at radius 1 is 1.57 bits per heavy atom. The third-order valence-electron chi connectivity index (χ3n) is 1.64. The van der Waals surface area contributed by atoms with Crippen LogP contribution in [0.4, 0.5) is 11.4 Å². The molecule has 0 heterocycles. The zero-order valence-electron chi connectivity index (χ0n) is 7.69. The lowest BCUT2D eigenvalue weighted by Gasteiger charge is -2.02. The van der Waals surface area contributed by atoms with Crippen LogP contribution in [-0.4, -0.2) is 12.6 Å². The van der Waals surface area contributed by atoms with Crippen molar-refractivity contribution in [1.82, 2.24) is 0 Å². The van der Waals surface area contributed by atoms with Gasteiger partial charge in [0.15, 0.2) is 0 Å². The molecule has 0 saturated heterocycles. The van der Waals surface area contributed by atoms with Gasteiger partial charge in [-0.3, -0.25) is 0 Å². The number of nitrogens with two attached hydrogens (primary N) is 1. The Hall–Kier alpha value is -1.91. The first-order valence-electron chi connectivity index (χ1n) is 4.09. The minimum atomic E-state index is -0.489. The van der Waals surface area contributed by atoms with Crippen molar-refractivity contribution in [2.75, 3.05) is 12.3 Å². The molecule has 0 saturated carbocycles. The number of nitroso groups, excluding NO2 is 1. The number of anilines is 1. The van der Waals surface area contributed by atoms with Gasteiger partial charge >= 0.3 is 5.97 Å². The second-order valence-corrected chi connectivity index (χ2v) is 2.59. The van der Waals surface area contributed by atoms with Crippen LogP contribution >= 0.6 is 0 Å². The van der Waals surface area contributed by atoms with Crippen molar-refractivity contribution in [2.45, 2.75) is 6.92 Å². The van der Waals surface area contributed by atoms with E-state index in [4.69, 9.17) is 10.5 Å². The fraction of sp³-hybridized carbons (Fsp3) is 0.222. The van der Waals surface area contributed by atoms with Crippen molar-refractivity contribution >= 4 is 17.3 Å². The minimum Gasteiger partial charge on any atom is -0.462 e. The summed E-state index contributed by atoms with van der Waals surface area (Å²) in [5, 5.41) is 2.69. The van der Waals surface area contributed by atoms with Gasteiger partial charge in [0.1, 0.15) is 5.69 Å². The number of carbonyl (C=O) groups excluding carboxylic acids is 1. The molecule has 0 aliphatic heterocycles. The number of hydrogen-bond acceptors (Lipinski definition) is 5. The summed E-state index contributed by atoms with van der Waals surface area (Å²) in [5.74, 6) is -0.489. The first-order valence-corrected chi connectivity index (χ1v) is 4.09. The molecule has 5 heteroatoms. The van der Waals surface area contributed by atoms with E-state index in [1.54, 1.807) is 6.92 Å². The molecule has 0 radical (unpaired) electrons. The van der Waals surface area contributed by atoms with Crippen LogP contribution in [0.2, 0.25) is 0 Å². The SMILES string of the molecule is CCOC(=O)c1ccc(N)c(N=O)c1. The Morgan fingerprint density at radius 3 is 2.86 bits per heavy atom. The van der Waals surface area contributed by atoms with E-state index in [1.807, 2.05) is 0 Å². The highest BCUT2D eigenvalue weighted by Crippen LogP contribution is 2.23. The number of rotatable bonds is 3. The lowest BCUT2D eigenvalue weighted by Crippen LogP contribution is -2.04. The zero-order chi connectivity index (χ0) is 10.6. The molecule has 0 fully saturated rings. The van der Waals surface area contributed by atoms with Gasteiger partial charge in [-0.25, -0.2) is 4.79 Å². The highest BCUT2D eigenvalue weighted by molar-refractivity contribution is 5.91. The fourth-order valence-electron chi connectivity index (χ4n) is 0.964. The topological polar surface area (TPSA) is 81.8 Å². The van der Waals surface area contributed by atoms with Crippen molar-refractivity contribution in [3.8, 4) is 0 Å². The Balaban J connectivity index is 3.00. The maximum Gasteiger partial charge on any atom is 0.338 e. The van der Waals surface area contributed by atoms with Crippen LogP contribution in [0.3, 0.4) is 0 Å². The van der Waals surface area contributed by atoms with E-state index in [2.05, 4.69) is 5.18 Å². The van der Waals surface area contributed by atoms with Gasteiger partial charge in [0.05, 0.1) is 17.9 Å². The zero-order valence-corrected chi connectivity index (χ0v) is 7.69. The summed E-state index contributed by atoms with van der Waals surface area (Å²) in [7, 11) is 0. The lowest BCUT2D eigenvalue weighted by atomic mass is 10.2. The Morgan fingerprint density at radius 2 is 2.29 bits per heavy atom. The van der Waals surface area contributed by atoms with Gasteiger partial charge in [0.2, 0.25) is 0 Å². The number of nitrogens with zero attached hydrogens (tertiary/aromatic N) is 1. The molecular formula is C9H10N2O3. The maximum absolute atomic E-state index is 11.2. The second-order valence-electron chi connectivity index (χ2n) is 2.59. The molecule has 1 rings (SSSR count). The van der Waals surface area contributed by atoms with E-state index < -0.39 is 5.97 Å². The van der Waals surface area contributed by atoms with Crippen molar-refractivity contribution < 1.29 is 9.53 Å². The predicted molar refractivity (Wildman–Crippen MR) is 52.3 cm³/mol. The Bertz CT molecular complexity index is 363. The number of nitrogen functional groups attached to an aromatic ring is 1. The predicted octanol–water partition coefficient (Wildman–Crippen LogP) is 1.84. The van der Waals surface area contributed by atoms with Crippen LogP contribution in [0.5, 0.6) is 0 Å². The molecular weight excluding hydrogens is 184 g/mol. The number of hydrogen-bond donors (Lipinski definition) is 1. The average molecular weight is 194 g/mol. The van der Waals surface area contributed by atoms with Crippen LogP contribution in [0, 0.1) is 4.91 Å². The van der Waals surface area contributed by atoms with E-state index in [0.29, 0.717) is 0 Å². The minimum absolute atomic E-state index is 0.0514. The summed E-state index contributed by atoms with van der Waals surface area (Å²) in [6, 6.07) is 4.24. The molecule has 74 valence electrons. The molecule has 1 aromatic carbocycles. The van der Waals surface area contributed by atoms with Crippen LogP contribution in [0.1, 0.15) is 17.3 Å². The largest absolute Gasteiger partial charge is 0.462 e. The molecule has 1 aromatic rings. The van der Waals surface area contributed by atoms with Crippen LogP contribution < -0.4 is 5.73 Å². The van der Waals surface area contributed by atoms with Crippen molar-refractivity contribution in [3.05, 3.63) is 28.7 Å². The summed E-state index contributed by atoms with van der Waals surface area (Å²) in [4.78, 5) is 21.5. The van der Waals surface area contributed by atoms with E-state index in [9.17, 15) is 9.70 Å². The summed E-state index contributed by atoms with van der Waals surface area (Å²) < 4.78 is 4.74. The Kier molecular flexibility index (Phi) is 3.17. The van der Waals surface area contributed by atoms with Gasteiger partial charge in [0.25, 0.3) is 0 Å². The smallest absolute Gasteiger partial charge is 0.338 e. The van der Waals surface area contributed by atoms with Gasteiger partial charge in [-0.1, -0.05) is 0 Å². The van der Waals surface area contributed by atoms with E-state index in [-0.39, 0.29) is 23.5 Å². The van der Waals surface area contributed by atoms with Crippen molar-refractivity contribution in [2.24, 2.45) is 5.18 Å². The quantitative estimate of drug-likeness (QED) is 0.452. The van der Waals surface area contributed by atoms with Crippen LogP contribution in [0.15, 0.2) is 23.4 Å². The third kappa shape index (κ3) is 2.07. The summed E-state index contributed by atoms with van der Waals surface area (Å²) >= 11 is 0. The number of esters is 1. The molecule has 0 atom stereocenters. The number of ether oxygens (including phenoxy) is 1. The van der Waals surface area contributed by atoms with Crippen LogP contribution in [0.25, 0.3) is 0 Å². The molecule has 0 aliphatic carbocycles. The summed E-state index contributed by atoms with van der Waals surface area (Å²) in [6.45, 7) is 1.99. The molecule has 0 spiro atoms. The standard InChI is InChI=1S/C9H10N2O3/c1-2-14-9(12)6-3-4-7(10)8(5-6)11-13/h3-5H,2,10H2,1H3. The molecule has 0 aromatic heterocycles. The molecule has 0 amide bonds. The lowest BCUT2D eigenvalue weighted by molar-refractivity contribution is 0.0526.